The van der Waals surface area contributed by atoms with Crippen molar-refractivity contribution in [1.29, 1.82) is 5.26 Å². The number of nitriles is 1. The molecule has 2 aromatic heterocycles. The van der Waals surface area contributed by atoms with Crippen molar-refractivity contribution in [2.75, 3.05) is 12.4 Å². The molecule has 0 fully saturated rings. The van der Waals surface area contributed by atoms with Crippen molar-refractivity contribution in [3.05, 3.63) is 79.1 Å². The van der Waals surface area contributed by atoms with Crippen molar-refractivity contribution < 1.29 is 19.1 Å². The van der Waals surface area contributed by atoms with E-state index in [1.807, 2.05) is 50.4 Å². The van der Waals surface area contributed by atoms with E-state index >= 15 is 0 Å². The fourth-order valence-electron chi connectivity index (χ4n) is 4.62. The summed E-state index contributed by atoms with van der Waals surface area (Å²) in [5.41, 5.74) is 10.9. The molecule has 2 aromatic carbocycles. The van der Waals surface area contributed by atoms with E-state index in [2.05, 4.69) is 18.0 Å². The van der Waals surface area contributed by atoms with Crippen LogP contribution < -0.4 is 15.8 Å². The van der Waals surface area contributed by atoms with Gasteiger partial charge in [0.1, 0.15) is 17.4 Å². The number of nitrogens with two attached hydrogens (primary N) is 1. The van der Waals surface area contributed by atoms with Crippen molar-refractivity contribution in [2.24, 2.45) is 11.7 Å². The zero-order valence-corrected chi connectivity index (χ0v) is 23.5. The smallest absolute Gasteiger partial charge is 0.324 e. The Labute approximate surface area is 239 Å². The van der Waals surface area contributed by atoms with Gasteiger partial charge in [-0.2, -0.15) is 5.26 Å². The quantitative estimate of drug-likeness (QED) is 0.188. The van der Waals surface area contributed by atoms with Gasteiger partial charge in [-0.05, 0) is 66.8 Å². The molecule has 0 aliphatic carbocycles. The van der Waals surface area contributed by atoms with Gasteiger partial charge in [0, 0.05) is 40.7 Å². The highest BCUT2D eigenvalue weighted by atomic mass is 16.6. The number of nitrogens with zero attached hydrogens (tertiary/aromatic N) is 3. The number of pyridine rings is 1. The average Bonchev–Trinajstić information content (AvgIpc) is 3.35. The number of esters is 1. The summed E-state index contributed by atoms with van der Waals surface area (Å²) in [6, 6.07) is 16.1. The Kier molecular flexibility index (Phi) is 8.85. The van der Waals surface area contributed by atoms with Gasteiger partial charge in [-0.25, -0.2) is 4.98 Å². The molecule has 4 aromatic rings. The van der Waals surface area contributed by atoms with Crippen LogP contribution in [0.15, 0.2) is 73.6 Å². The fraction of sp³-hybridized carbons (Fsp3) is 0.250. The number of amides is 1. The van der Waals surface area contributed by atoms with E-state index in [0.717, 1.165) is 27.6 Å². The molecule has 2 heterocycles. The first kappa shape index (κ1) is 29.1. The molecule has 2 atom stereocenters. The number of methoxy groups -OCH3 is 1. The van der Waals surface area contributed by atoms with Crippen LogP contribution >= 0.6 is 0 Å². The van der Waals surface area contributed by atoms with Gasteiger partial charge in [0.2, 0.25) is 5.91 Å². The lowest BCUT2D eigenvalue weighted by molar-refractivity contribution is -0.154. The predicted molar refractivity (Wildman–Crippen MR) is 159 cm³/mol. The minimum Gasteiger partial charge on any atom is -0.497 e. The molecular weight excluding hydrogens is 518 g/mol. The van der Waals surface area contributed by atoms with Crippen LogP contribution in [0.1, 0.15) is 39.0 Å². The fourth-order valence-corrected chi connectivity index (χ4v) is 4.62. The Balaban J connectivity index is 1.83. The molecule has 0 aliphatic heterocycles. The Morgan fingerprint density at radius 1 is 1.15 bits per heavy atom. The molecule has 0 spiro atoms. The minimum absolute atomic E-state index is 0.251. The first-order valence-corrected chi connectivity index (χ1v) is 13.2. The highest BCUT2D eigenvalue weighted by Crippen LogP contribution is 2.36. The van der Waals surface area contributed by atoms with Crippen molar-refractivity contribution >= 4 is 28.6 Å². The summed E-state index contributed by atoms with van der Waals surface area (Å²) in [7, 11) is 1.55. The van der Waals surface area contributed by atoms with E-state index in [0.29, 0.717) is 29.1 Å². The lowest BCUT2D eigenvalue weighted by atomic mass is 10.0. The molecule has 0 saturated carbocycles. The lowest BCUT2D eigenvalue weighted by Crippen LogP contribution is -2.34. The molecule has 9 nitrogen and oxygen atoms in total. The molecule has 4 rings (SSSR count). The number of hydrogen-bond acceptors (Lipinski definition) is 7. The predicted octanol–water partition coefficient (Wildman–Crippen LogP) is 5.81. The van der Waals surface area contributed by atoms with Crippen molar-refractivity contribution in [1.82, 2.24) is 9.55 Å². The largest absolute Gasteiger partial charge is 0.497 e. The molecule has 41 heavy (non-hydrogen) atoms. The third-order valence-corrected chi connectivity index (χ3v) is 6.61. The summed E-state index contributed by atoms with van der Waals surface area (Å²) in [5, 5.41) is 13.0. The monoisotopic (exact) mass is 551 g/mol. The van der Waals surface area contributed by atoms with Crippen LogP contribution in [0.5, 0.6) is 5.75 Å². The second-order valence-electron chi connectivity index (χ2n) is 10.2. The lowest BCUT2D eigenvalue weighted by Gasteiger charge is -2.19. The standard InChI is InChI=1S/C32H33N5O4/c1-6-30(38)36-25-12-23(13-26(15-25)40-5)24-14-27-28(22-9-7-8-21(11-22)16-33)18-37(31(27)35-17-24)20(4)41-32(39)29(34)10-19(2)3/h6-9,11-15,17-20,29H,1,10,34H2,2-5H3,(H,36,38). The number of ether oxygens (including phenoxy) is 2. The molecule has 0 saturated heterocycles. The van der Waals surface area contributed by atoms with Gasteiger partial charge in [-0.1, -0.05) is 32.6 Å². The van der Waals surface area contributed by atoms with Crippen molar-refractivity contribution in [2.45, 2.75) is 39.5 Å². The first-order chi connectivity index (χ1) is 19.6. The Bertz CT molecular complexity index is 1650. The second kappa shape index (κ2) is 12.5. The summed E-state index contributed by atoms with van der Waals surface area (Å²) >= 11 is 0. The average molecular weight is 552 g/mol. The van der Waals surface area contributed by atoms with Crippen LogP contribution in [0.2, 0.25) is 0 Å². The highest BCUT2D eigenvalue weighted by Gasteiger charge is 2.23. The number of fused-ring (bicyclic) bond motifs is 1. The van der Waals surface area contributed by atoms with Gasteiger partial charge in [0.25, 0.3) is 0 Å². The van der Waals surface area contributed by atoms with E-state index in [9.17, 15) is 14.9 Å². The SMILES string of the molecule is C=CC(=O)Nc1cc(OC)cc(-c2cnc3c(c2)c(-c2cccc(C#N)c2)cn3C(C)OC(=O)C(N)CC(C)C)c1. The van der Waals surface area contributed by atoms with Crippen LogP contribution in [0, 0.1) is 17.2 Å². The minimum atomic E-state index is -0.727. The highest BCUT2D eigenvalue weighted by molar-refractivity contribution is 6.00. The maximum atomic E-state index is 12.7. The van der Waals surface area contributed by atoms with E-state index in [4.69, 9.17) is 20.2 Å². The number of benzene rings is 2. The maximum absolute atomic E-state index is 12.7. The molecule has 0 radical (unpaired) electrons. The number of aromatic nitrogens is 2. The van der Waals surface area contributed by atoms with Gasteiger partial charge >= 0.3 is 5.97 Å². The number of hydrogen-bond donors (Lipinski definition) is 2. The maximum Gasteiger partial charge on any atom is 0.324 e. The van der Waals surface area contributed by atoms with Gasteiger partial charge in [-0.15, -0.1) is 0 Å². The van der Waals surface area contributed by atoms with Crippen molar-refractivity contribution in [3.63, 3.8) is 0 Å². The first-order valence-electron chi connectivity index (χ1n) is 13.2. The van der Waals surface area contributed by atoms with E-state index in [1.54, 1.807) is 43.0 Å². The van der Waals surface area contributed by atoms with E-state index in [1.165, 1.54) is 6.08 Å². The number of carbonyl (C=O) groups is 2. The van der Waals surface area contributed by atoms with Crippen molar-refractivity contribution in [3.8, 4) is 34.1 Å². The van der Waals surface area contributed by atoms with Crippen LogP contribution in [0.4, 0.5) is 5.69 Å². The van der Waals surface area contributed by atoms with Gasteiger partial charge < -0.3 is 20.5 Å². The number of nitrogens with one attached hydrogen (secondary N) is 1. The number of anilines is 1. The molecule has 0 bridgehead atoms. The Morgan fingerprint density at radius 2 is 1.93 bits per heavy atom. The normalized spacial score (nSPS) is 12.4. The molecule has 1 amide bonds. The topological polar surface area (TPSA) is 132 Å². The Morgan fingerprint density at radius 3 is 2.61 bits per heavy atom. The zero-order chi connectivity index (χ0) is 29.7. The van der Waals surface area contributed by atoms with Crippen LogP contribution in [0.25, 0.3) is 33.3 Å². The molecular formula is C32H33N5O4. The summed E-state index contributed by atoms with van der Waals surface area (Å²) in [5.74, 6) is -0.0179. The third kappa shape index (κ3) is 6.62. The Hall–Kier alpha value is -4.94. The molecule has 3 N–H and O–H groups in total. The van der Waals surface area contributed by atoms with Gasteiger partial charge in [0.05, 0.1) is 18.7 Å². The second-order valence-corrected chi connectivity index (χ2v) is 10.2. The van der Waals surface area contributed by atoms with Gasteiger partial charge in [0.15, 0.2) is 6.23 Å². The summed E-state index contributed by atoms with van der Waals surface area (Å²) in [4.78, 5) is 29.4. The van der Waals surface area contributed by atoms with Crippen LogP contribution in [-0.4, -0.2) is 34.6 Å². The summed E-state index contributed by atoms with van der Waals surface area (Å²) < 4.78 is 13.0. The summed E-state index contributed by atoms with van der Waals surface area (Å²) in [6.07, 6.45) is 4.60. The van der Waals surface area contributed by atoms with E-state index < -0.39 is 18.2 Å². The molecule has 210 valence electrons. The molecule has 0 aliphatic rings. The zero-order valence-electron chi connectivity index (χ0n) is 23.5. The van der Waals surface area contributed by atoms with Crippen LogP contribution in [0.3, 0.4) is 0 Å². The van der Waals surface area contributed by atoms with Crippen LogP contribution in [-0.2, 0) is 14.3 Å². The molecule has 9 heteroatoms. The summed E-state index contributed by atoms with van der Waals surface area (Å²) in [6.45, 7) is 9.27. The number of carbonyl (C=O) groups excluding carboxylic acids is 2. The third-order valence-electron chi connectivity index (χ3n) is 6.61. The van der Waals surface area contributed by atoms with E-state index in [-0.39, 0.29) is 11.8 Å². The van der Waals surface area contributed by atoms with Gasteiger partial charge in [-0.3, -0.25) is 14.2 Å². The number of rotatable bonds is 10. The molecule has 2 unspecified atom stereocenters.